The number of aryl methyl sites for hydroxylation is 1. The second kappa shape index (κ2) is 7.77. The first-order chi connectivity index (χ1) is 10.8. The first-order valence-electron chi connectivity index (χ1n) is 8.47. The van der Waals surface area contributed by atoms with Crippen LogP contribution < -0.4 is 10.6 Å². The molecule has 1 aromatic carbocycles. The molecule has 1 aliphatic heterocycles. The lowest BCUT2D eigenvalue weighted by atomic mass is 9.95. The molecule has 0 radical (unpaired) electrons. The van der Waals surface area contributed by atoms with Gasteiger partial charge in [-0.15, -0.1) is 0 Å². The third kappa shape index (κ3) is 6.56. The molecule has 0 saturated carbocycles. The Labute approximate surface area is 140 Å². The molecule has 1 aromatic rings. The standard InChI is InChI=1S/C18H28N2O2Si/c1-23(2,3)11-10-14-4-7-16(8-5-14)20-18(22)12-15-6-9-17(21)19-13-15/h4-5,7-8,15H,6,9-13H2,1-3H3,(H,19,21)(H,20,22). The fourth-order valence-electron chi connectivity index (χ4n) is 2.71. The highest BCUT2D eigenvalue weighted by molar-refractivity contribution is 6.76. The number of hydrogen-bond donors (Lipinski definition) is 2. The highest BCUT2D eigenvalue weighted by Gasteiger charge is 2.20. The van der Waals surface area contributed by atoms with E-state index in [1.807, 2.05) is 12.1 Å². The van der Waals surface area contributed by atoms with Gasteiger partial charge in [0, 0.05) is 33.1 Å². The summed E-state index contributed by atoms with van der Waals surface area (Å²) in [6.07, 6.45) is 2.92. The van der Waals surface area contributed by atoms with Crippen molar-refractivity contribution < 1.29 is 9.59 Å². The van der Waals surface area contributed by atoms with Crippen LogP contribution in [0.4, 0.5) is 5.69 Å². The van der Waals surface area contributed by atoms with Crippen LogP contribution in [-0.2, 0) is 16.0 Å². The van der Waals surface area contributed by atoms with Gasteiger partial charge in [-0.3, -0.25) is 9.59 Å². The van der Waals surface area contributed by atoms with Crippen molar-refractivity contribution in [1.82, 2.24) is 5.32 Å². The number of carbonyl (C=O) groups excluding carboxylic acids is 2. The van der Waals surface area contributed by atoms with Crippen molar-refractivity contribution in [3.63, 3.8) is 0 Å². The number of nitrogens with one attached hydrogen (secondary N) is 2. The lowest BCUT2D eigenvalue weighted by Crippen LogP contribution is -2.36. The second-order valence-electron chi connectivity index (χ2n) is 7.72. The molecule has 1 unspecified atom stereocenters. The maximum absolute atomic E-state index is 12.1. The van der Waals surface area contributed by atoms with Gasteiger partial charge in [0.05, 0.1) is 0 Å². The van der Waals surface area contributed by atoms with Crippen LogP contribution in [0, 0.1) is 5.92 Å². The molecule has 0 spiro atoms. The fraction of sp³-hybridized carbons (Fsp3) is 0.556. The van der Waals surface area contributed by atoms with Crippen LogP contribution in [0.2, 0.25) is 25.7 Å². The Morgan fingerprint density at radius 1 is 1.26 bits per heavy atom. The largest absolute Gasteiger partial charge is 0.356 e. The number of benzene rings is 1. The number of carbonyl (C=O) groups is 2. The van der Waals surface area contributed by atoms with E-state index in [1.165, 1.54) is 11.6 Å². The summed E-state index contributed by atoms with van der Waals surface area (Å²) >= 11 is 0. The van der Waals surface area contributed by atoms with Gasteiger partial charge in [0.1, 0.15) is 0 Å². The zero-order chi connectivity index (χ0) is 16.9. The van der Waals surface area contributed by atoms with E-state index in [4.69, 9.17) is 0 Å². The molecular formula is C18H28N2O2Si. The molecule has 1 atom stereocenters. The van der Waals surface area contributed by atoms with Gasteiger partial charge in [0.2, 0.25) is 11.8 Å². The molecule has 1 heterocycles. The van der Waals surface area contributed by atoms with E-state index < -0.39 is 8.07 Å². The molecular weight excluding hydrogens is 304 g/mol. The summed E-state index contributed by atoms with van der Waals surface area (Å²) < 4.78 is 0. The Balaban J connectivity index is 1.78. The highest BCUT2D eigenvalue weighted by atomic mass is 28.3. The summed E-state index contributed by atoms with van der Waals surface area (Å²) in [6.45, 7) is 7.77. The maximum Gasteiger partial charge on any atom is 0.224 e. The number of amides is 2. The molecule has 0 bridgehead atoms. The summed E-state index contributed by atoms with van der Waals surface area (Å²) in [5, 5.41) is 5.78. The van der Waals surface area contributed by atoms with Crippen LogP contribution in [0.15, 0.2) is 24.3 Å². The van der Waals surface area contributed by atoms with E-state index in [9.17, 15) is 9.59 Å². The smallest absolute Gasteiger partial charge is 0.224 e. The fourth-order valence-corrected chi connectivity index (χ4v) is 3.75. The van der Waals surface area contributed by atoms with E-state index in [0.717, 1.165) is 18.5 Å². The van der Waals surface area contributed by atoms with Crippen LogP contribution in [0.5, 0.6) is 0 Å². The quantitative estimate of drug-likeness (QED) is 0.784. The number of anilines is 1. The minimum absolute atomic E-state index is 0.0287. The van der Waals surface area contributed by atoms with Gasteiger partial charge in [0.15, 0.2) is 0 Å². The minimum Gasteiger partial charge on any atom is -0.356 e. The van der Waals surface area contributed by atoms with Crippen molar-refractivity contribution >= 4 is 25.6 Å². The molecule has 126 valence electrons. The third-order valence-electron chi connectivity index (χ3n) is 4.24. The first-order valence-corrected chi connectivity index (χ1v) is 12.2. The van der Waals surface area contributed by atoms with Gasteiger partial charge in [-0.25, -0.2) is 0 Å². The molecule has 1 fully saturated rings. The molecule has 0 aromatic heterocycles. The summed E-state index contributed by atoms with van der Waals surface area (Å²) in [4.78, 5) is 23.2. The number of rotatable bonds is 6. The van der Waals surface area contributed by atoms with Crippen molar-refractivity contribution in [2.24, 2.45) is 5.92 Å². The number of piperidine rings is 1. The van der Waals surface area contributed by atoms with Crippen molar-refractivity contribution in [1.29, 1.82) is 0 Å². The molecule has 5 heteroatoms. The van der Waals surface area contributed by atoms with Gasteiger partial charge in [0.25, 0.3) is 0 Å². The van der Waals surface area contributed by atoms with Crippen LogP contribution in [0.3, 0.4) is 0 Å². The zero-order valence-corrected chi connectivity index (χ0v) is 15.4. The Bertz CT molecular complexity index is 539. The van der Waals surface area contributed by atoms with Gasteiger partial charge in [-0.05, 0) is 36.5 Å². The van der Waals surface area contributed by atoms with Gasteiger partial charge in [-0.1, -0.05) is 37.8 Å². The Morgan fingerprint density at radius 2 is 1.96 bits per heavy atom. The second-order valence-corrected chi connectivity index (χ2v) is 13.3. The van der Waals surface area contributed by atoms with E-state index >= 15 is 0 Å². The van der Waals surface area contributed by atoms with Crippen LogP contribution in [-0.4, -0.2) is 26.4 Å². The van der Waals surface area contributed by atoms with E-state index in [2.05, 4.69) is 42.4 Å². The van der Waals surface area contributed by atoms with Crippen molar-refractivity contribution in [2.75, 3.05) is 11.9 Å². The molecule has 4 nitrogen and oxygen atoms in total. The van der Waals surface area contributed by atoms with E-state index in [-0.39, 0.29) is 17.7 Å². The monoisotopic (exact) mass is 332 g/mol. The Morgan fingerprint density at radius 3 is 2.52 bits per heavy atom. The summed E-state index contributed by atoms with van der Waals surface area (Å²) in [5.74, 6) is 0.375. The van der Waals surface area contributed by atoms with Crippen molar-refractivity contribution in [3.8, 4) is 0 Å². The third-order valence-corrected chi connectivity index (χ3v) is 5.99. The number of hydrogen-bond acceptors (Lipinski definition) is 2. The van der Waals surface area contributed by atoms with Crippen molar-refractivity contribution in [3.05, 3.63) is 29.8 Å². The molecule has 2 N–H and O–H groups in total. The average molecular weight is 333 g/mol. The lowest BCUT2D eigenvalue weighted by molar-refractivity contribution is -0.124. The van der Waals surface area contributed by atoms with Crippen LogP contribution in [0.1, 0.15) is 24.8 Å². The van der Waals surface area contributed by atoms with E-state index in [0.29, 0.717) is 19.4 Å². The average Bonchev–Trinajstić information content (AvgIpc) is 2.48. The lowest BCUT2D eigenvalue weighted by Gasteiger charge is -2.21. The van der Waals surface area contributed by atoms with Gasteiger partial charge in [-0.2, -0.15) is 0 Å². The predicted molar refractivity (Wildman–Crippen MR) is 97.3 cm³/mol. The Kier molecular flexibility index (Phi) is 5.99. The van der Waals surface area contributed by atoms with E-state index in [1.54, 1.807) is 0 Å². The van der Waals surface area contributed by atoms with Gasteiger partial charge >= 0.3 is 0 Å². The normalized spacial score (nSPS) is 18.4. The molecule has 1 aliphatic rings. The van der Waals surface area contributed by atoms with Crippen LogP contribution >= 0.6 is 0 Å². The summed E-state index contributed by atoms with van der Waals surface area (Å²) in [6, 6.07) is 9.47. The molecule has 1 saturated heterocycles. The van der Waals surface area contributed by atoms with Crippen molar-refractivity contribution in [2.45, 2.75) is 51.4 Å². The molecule has 23 heavy (non-hydrogen) atoms. The summed E-state index contributed by atoms with van der Waals surface area (Å²) in [5.41, 5.74) is 2.19. The Hall–Kier alpha value is -1.62. The predicted octanol–water partition coefficient (Wildman–Crippen LogP) is 3.42. The minimum atomic E-state index is -1.01. The maximum atomic E-state index is 12.1. The van der Waals surface area contributed by atoms with Crippen LogP contribution in [0.25, 0.3) is 0 Å². The first kappa shape index (κ1) is 17.7. The summed E-state index contributed by atoms with van der Waals surface area (Å²) in [7, 11) is -1.01. The zero-order valence-electron chi connectivity index (χ0n) is 14.4. The SMILES string of the molecule is C[Si](C)(C)CCc1ccc(NC(=O)CC2CCC(=O)NC2)cc1. The molecule has 2 rings (SSSR count). The molecule has 0 aliphatic carbocycles. The molecule has 2 amide bonds. The highest BCUT2D eigenvalue weighted by Crippen LogP contribution is 2.18. The van der Waals surface area contributed by atoms with Gasteiger partial charge < -0.3 is 10.6 Å². The topological polar surface area (TPSA) is 58.2 Å².